The number of H-pyrrole nitrogens is 1. The molecule has 0 spiro atoms. The zero-order valence-corrected chi connectivity index (χ0v) is 13.4. The number of nitrogens with zero attached hydrogens (tertiary/aromatic N) is 3. The number of nitro groups is 1. The van der Waals surface area contributed by atoms with Gasteiger partial charge in [0, 0.05) is 29.6 Å². The molecule has 27 heavy (non-hydrogen) atoms. The summed E-state index contributed by atoms with van der Waals surface area (Å²) in [5, 5.41) is 21.1. The van der Waals surface area contributed by atoms with Gasteiger partial charge in [-0.05, 0) is 6.07 Å². The minimum atomic E-state index is -4.60. The molecule has 4 rings (SSSR count). The summed E-state index contributed by atoms with van der Waals surface area (Å²) < 4.78 is 40.4. The van der Waals surface area contributed by atoms with Crippen molar-refractivity contribution in [1.82, 2.24) is 10.2 Å². The van der Waals surface area contributed by atoms with Crippen molar-refractivity contribution in [1.29, 1.82) is 0 Å². The number of aromatic nitrogens is 2. The van der Waals surface area contributed by atoms with Gasteiger partial charge in [-0.15, -0.1) is 0 Å². The van der Waals surface area contributed by atoms with Crippen molar-refractivity contribution in [2.45, 2.75) is 6.18 Å². The second kappa shape index (κ2) is 5.94. The first-order valence-electron chi connectivity index (χ1n) is 7.68. The highest BCUT2D eigenvalue weighted by atomic mass is 19.4. The fourth-order valence-corrected chi connectivity index (χ4v) is 3.04. The number of alkyl halides is 3. The third-order valence-corrected chi connectivity index (χ3v) is 4.16. The van der Waals surface area contributed by atoms with Crippen molar-refractivity contribution in [3.05, 3.63) is 75.7 Å². The third-order valence-electron chi connectivity index (χ3n) is 4.16. The average molecular weight is 373 g/mol. The van der Waals surface area contributed by atoms with Crippen molar-refractivity contribution >= 4 is 28.0 Å². The number of aromatic amines is 1. The van der Waals surface area contributed by atoms with Crippen LogP contribution in [0.25, 0.3) is 10.9 Å². The van der Waals surface area contributed by atoms with Gasteiger partial charge >= 0.3 is 6.18 Å². The maximum Gasteiger partial charge on any atom is 0.417 e. The molecule has 2 aromatic carbocycles. The minimum absolute atomic E-state index is 0.0228. The Labute approximate surface area is 149 Å². The van der Waals surface area contributed by atoms with E-state index in [4.69, 9.17) is 0 Å². The number of hydrogen-bond donors (Lipinski definition) is 2. The lowest BCUT2D eigenvalue weighted by Gasteiger charge is -2.16. The standard InChI is InChI=1S/C17H10F3N5O2/c18-17(19,20)12-4-2-1-3-9(12)14-10-7-13(25(26)27)16-11(8-23-24-16)15(10)22-6-5-21-14/h1-8,22H,(H,23,24). The van der Waals surface area contributed by atoms with E-state index in [-0.39, 0.29) is 28.0 Å². The second-order valence-corrected chi connectivity index (χ2v) is 5.72. The highest BCUT2D eigenvalue weighted by molar-refractivity contribution is 6.21. The van der Waals surface area contributed by atoms with Crippen LogP contribution in [0.4, 0.5) is 24.5 Å². The smallest absolute Gasteiger partial charge is 0.359 e. The Morgan fingerprint density at radius 2 is 1.93 bits per heavy atom. The number of rotatable bonds is 2. The van der Waals surface area contributed by atoms with Crippen molar-refractivity contribution in [3.63, 3.8) is 0 Å². The van der Waals surface area contributed by atoms with Gasteiger partial charge in [-0.3, -0.25) is 20.2 Å². The predicted molar refractivity (Wildman–Crippen MR) is 92.6 cm³/mol. The van der Waals surface area contributed by atoms with E-state index in [0.29, 0.717) is 11.1 Å². The molecule has 1 aliphatic rings. The van der Waals surface area contributed by atoms with Crippen molar-refractivity contribution in [2.75, 3.05) is 5.32 Å². The second-order valence-electron chi connectivity index (χ2n) is 5.72. The summed E-state index contributed by atoms with van der Waals surface area (Å²) in [6.45, 7) is 0. The molecule has 0 fully saturated rings. The fraction of sp³-hybridized carbons (Fsp3) is 0.0588. The Morgan fingerprint density at radius 3 is 2.67 bits per heavy atom. The Balaban J connectivity index is 2.05. The maximum atomic E-state index is 13.5. The van der Waals surface area contributed by atoms with E-state index in [1.807, 2.05) is 0 Å². The van der Waals surface area contributed by atoms with Gasteiger partial charge in [0.2, 0.25) is 0 Å². The van der Waals surface area contributed by atoms with E-state index in [2.05, 4.69) is 20.5 Å². The first-order chi connectivity index (χ1) is 12.9. The summed E-state index contributed by atoms with van der Waals surface area (Å²) in [6.07, 6.45) is -0.477. The molecule has 0 radical (unpaired) electrons. The predicted octanol–water partition coefficient (Wildman–Crippen LogP) is 4.22. The first-order valence-corrected chi connectivity index (χ1v) is 7.68. The van der Waals surface area contributed by atoms with Crippen molar-refractivity contribution in [3.8, 4) is 0 Å². The molecule has 10 heteroatoms. The number of fused-ring (bicyclic) bond motifs is 3. The fourth-order valence-electron chi connectivity index (χ4n) is 3.04. The lowest BCUT2D eigenvalue weighted by molar-refractivity contribution is -0.383. The maximum absolute atomic E-state index is 13.5. The van der Waals surface area contributed by atoms with Crippen LogP contribution in [0, 0.1) is 10.1 Å². The van der Waals surface area contributed by atoms with Gasteiger partial charge in [-0.25, -0.2) is 0 Å². The molecule has 0 saturated heterocycles. The number of non-ortho nitro benzene ring substituents is 1. The molecule has 0 unspecified atom stereocenters. The molecule has 2 heterocycles. The highest BCUT2D eigenvalue weighted by Crippen LogP contribution is 2.38. The number of nitro benzene ring substituents is 1. The van der Waals surface area contributed by atoms with Crippen LogP contribution in [0.5, 0.6) is 0 Å². The Morgan fingerprint density at radius 1 is 1.15 bits per heavy atom. The number of benzene rings is 2. The van der Waals surface area contributed by atoms with Crippen LogP contribution in [0.3, 0.4) is 0 Å². The van der Waals surface area contributed by atoms with E-state index in [1.54, 1.807) is 0 Å². The quantitative estimate of drug-likeness (QED) is 0.519. The zero-order valence-electron chi connectivity index (χ0n) is 13.4. The van der Waals surface area contributed by atoms with Gasteiger partial charge in [0.25, 0.3) is 5.69 Å². The van der Waals surface area contributed by atoms with Gasteiger partial charge in [0.15, 0.2) is 0 Å². The van der Waals surface area contributed by atoms with Crippen molar-refractivity contribution in [2.24, 2.45) is 4.99 Å². The molecule has 0 bridgehead atoms. The number of halogens is 3. The topological polar surface area (TPSA) is 96.2 Å². The monoisotopic (exact) mass is 373 g/mol. The zero-order chi connectivity index (χ0) is 19.2. The largest absolute Gasteiger partial charge is 0.417 e. The Bertz CT molecular complexity index is 1130. The molecule has 136 valence electrons. The van der Waals surface area contributed by atoms with Crippen molar-refractivity contribution < 1.29 is 18.1 Å². The molecule has 0 atom stereocenters. The summed E-state index contributed by atoms with van der Waals surface area (Å²) >= 11 is 0. The molecule has 0 amide bonds. The molecule has 7 nitrogen and oxygen atoms in total. The van der Waals surface area contributed by atoms with Gasteiger partial charge in [-0.1, -0.05) is 18.2 Å². The minimum Gasteiger partial charge on any atom is -0.359 e. The lowest BCUT2D eigenvalue weighted by atomic mass is 9.94. The van der Waals surface area contributed by atoms with Gasteiger partial charge in [-0.2, -0.15) is 18.3 Å². The molecule has 3 aromatic rings. The van der Waals surface area contributed by atoms with Crippen LogP contribution in [-0.4, -0.2) is 20.8 Å². The molecular weight excluding hydrogens is 363 g/mol. The average Bonchev–Trinajstić information content (AvgIpc) is 3.01. The summed E-state index contributed by atoms with van der Waals surface area (Å²) in [7, 11) is 0. The number of nitrogens with one attached hydrogen (secondary N) is 2. The van der Waals surface area contributed by atoms with E-state index in [1.165, 1.54) is 42.9 Å². The summed E-state index contributed by atoms with van der Waals surface area (Å²) in [4.78, 5) is 15.0. The van der Waals surface area contributed by atoms with E-state index in [9.17, 15) is 23.3 Å². The van der Waals surface area contributed by atoms with Crippen LogP contribution in [0.1, 0.15) is 16.7 Å². The molecule has 1 aromatic heterocycles. The highest BCUT2D eigenvalue weighted by Gasteiger charge is 2.35. The number of anilines is 1. The number of hydrogen-bond acceptors (Lipinski definition) is 5. The molecule has 2 N–H and O–H groups in total. The normalized spacial score (nSPS) is 13.7. The molecule has 1 aliphatic heterocycles. The van der Waals surface area contributed by atoms with Crippen LogP contribution < -0.4 is 5.32 Å². The van der Waals surface area contributed by atoms with Crippen LogP contribution in [0.2, 0.25) is 0 Å². The Kier molecular flexibility index (Phi) is 3.69. The summed E-state index contributed by atoms with van der Waals surface area (Å²) in [5.74, 6) is 0. The third kappa shape index (κ3) is 2.71. The summed E-state index contributed by atoms with van der Waals surface area (Å²) in [6, 6.07) is 6.17. The molecular formula is C17H10F3N5O2. The van der Waals surface area contributed by atoms with Gasteiger partial charge < -0.3 is 5.32 Å². The first kappa shape index (κ1) is 16.8. The van der Waals surface area contributed by atoms with Crippen LogP contribution >= 0.6 is 0 Å². The lowest BCUT2D eigenvalue weighted by Crippen LogP contribution is -2.15. The van der Waals surface area contributed by atoms with Crippen LogP contribution in [0.15, 0.2) is 53.9 Å². The number of aliphatic imine (C=N–C) groups is 1. The van der Waals surface area contributed by atoms with Gasteiger partial charge in [0.05, 0.1) is 33.5 Å². The van der Waals surface area contributed by atoms with Crippen LogP contribution in [-0.2, 0) is 6.18 Å². The molecule has 0 aliphatic carbocycles. The van der Waals surface area contributed by atoms with E-state index < -0.39 is 16.7 Å². The van der Waals surface area contributed by atoms with E-state index >= 15 is 0 Å². The van der Waals surface area contributed by atoms with Gasteiger partial charge in [0.1, 0.15) is 5.52 Å². The Hall–Kier alpha value is -3.69. The van der Waals surface area contributed by atoms with E-state index in [0.717, 1.165) is 6.07 Å². The molecule has 0 saturated carbocycles. The SMILES string of the molecule is O=[N+]([O-])c1cc2c(c3cn[nH]c13)NC=CN=C2c1ccccc1C(F)(F)F. The summed E-state index contributed by atoms with van der Waals surface area (Å²) in [5.41, 5.74) is -0.639.